The van der Waals surface area contributed by atoms with Gasteiger partial charge in [0.05, 0.1) is 12.1 Å². The van der Waals surface area contributed by atoms with Gasteiger partial charge in [0.25, 0.3) is 0 Å². The van der Waals surface area contributed by atoms with Crippen LogP contribution in [0.4, 0.5) is 4.79 Å². The number of aliphatic imine (C=N–C) groups is 1. The Labute approximate surface area is 212 Å². The summed E-state index contributed by atoms with van der Waals surface area (Å²) in [6.45, 7) is 14.8. The number of pyridine rings is 1. The fourth-order valence-electron chi connectivity index (χ4n) is 3.81. The van der Waals surface area contributed by atoms with Gasteiger partial charge in [-0.1, -0.05) is 6.07 Å². The van der Waals surface area contributed by atoms with E-state index in [-0.39, 0.29) is 36.1 Å². The summed E-state index contributed by atoms with van der Waals surface area (Å²) in [4.78, 5) is 19.3. The summed E-state index contributed by atoms with van der Waals surface area (Å²) in [6, 6.07) is 5.53. The highest BCUT2D eigenvalue weighted by atomic mass is 127. The molecule has 2 unspecified atom stereocenters. The zero-order valence-corrected chi connectivity index (χ0v) is 22.8. The summed E-state index contributed by atoms with van der Waals surface area (Å²) in [5, 5.41) is 15.0. The topological polar surface area (TPSA) is 105 Å². The number of hydrogen-bond donors (Lipinski definition) is 2. The molecule has 0 aromatic carbocycles. The van der Waals surface area contributed by atoms with Gasteiger partial charge in [-0.2, -0.15) is 0 Å². The van der Waals surface area contributed by atoms with Crippen molar-refractivity contribution in [2.24, 2.45) is 4.99 Å². The van der Waals surface area contributed by atoms with Crippen LogP contribution in [0.15, 0.2) is 29.4 Å². The molecule has 2 atom stereocenters. The molecule has 1 aliphatic rings. The lowest BCUT2D eigenvalue weighted by molar-refractivity contribution is -0.0755. The lowest BCUT2D eigenvalue weighted by atomic mass is 10.1. The lowest BCUT2D eigenvalue weighted by Crippen LogP contribution is -2.54. The molecule has 0 bridgehead atoms. The molecule has 3 rings (SSSR count). The number of ether oxygens (including phenoxy) is 2. The number of nitrogens with one attached hydrogen (secondary N) is 2. The summed E-state index contributed by atoms with van der Waals surface area (Å²) >= 11 is 0. The smallest absolute Gasteiger partial charge is 0.412 e. The molecule has 1 fully saturated rings. The first-order chi connectivity index (χ1) is 15.0. The van der Waals surface area contributed by atoms with E-state index >= 15 is 0 Å². The third kappa shape index (κ3) is 6.69. The molecule has 1 aliphatic heterocycles. The number of nitrogens with zero attached hydrogens (tertiary/aromatic N) is 5. The molecule has 2 aromatic heterocycles. The first-order valence-electron chi connectivity index (χ1n) is 11.0. The van der Waals surface area contributed by atoms with Crippen LogP contribution >= 0.6 is 24.0 Å². The zero-order chi connectivity index (χ0) is 23.5. The van der Waals surface area contributed by atoms with Gasteiger partial charge in [-0.25, -0.2) is 9.79 Å². The summed E-state index contributed by atoms with van der Waals surface area (Å²) in [6.07, 6.45) is 1.35. The first kappa shape index (κ1) is 27.1. The Hall–Kier alpha value is -2.15. The van der Waals surface area contributed by atoms with E-state index in [9.17, 15) is 4.79 Å². The fraction of sp³-hybridized carbons (Fsp3) is 0.636. The summed E-state index contributed by atoms with van der Waals surface area (Å²) in [5.41, 5.74) is -0.582. The molecule has 0 radical (unpaired) electrons. The van der Waals surface area contributed by atoms with Crippen molar-refractivity contribution in [3.8, 4) is 0 Å². The van der Waals surface area contributed by atoms with Crippen LogP contribution in [0, 0.1) is 0 Å². The van der Waals surface area contributed by atoms with E-state index in [1.54, 1.807) is 4.90 Å². The van der Waals surface area contributed by atoms with Crippen LogP contribution in [0.2, 0.25) is 0 Å². The SMILES string of the molecule is CCNC(=NCc1nnc2ccccn12)NCC1C(C)OC(C)(C)N1C(=O)OC(C)(C)C.I. The summed E-state index contributed by atoms with van der Waals surface area (Å²) in [7, 11) is 0. The van der Waals surface area contributed by atoms with Crippen molar-refractivity contribution in [3.05, 3.63) is 30.2 Å². The van der Waals surface area contributed by atoms with Crippen LogP contribution in [0.25, 0.3) is 5.65 Å². The molecule has 0 aliphatic carbocycles. The van der Waals surface area contributed by atoms with Crippen molar-refractivity contribution in [1.29, 1.82) is 0 Å². The predicted molar refractivity (Wildman–Crippen MR) is 138 cm³/mol. The van der Waals surface area contributed by atoms with E-state index in [4.69, 9.17) is 9.47 Å². The number of amides is 1. The number of aromatic nitrogens is 3. The maximum atomic E-state index is 12.9. The van der Waals surface area contributed by atoms with Crippen LogP contribution in [0.3, 0.4) is 0 Å². The molecule has 0 saturated carbocycles. The number of guanidine groups is 1. The van der Waals surface area contributed by atoms with Crippen molar-refractivity contribution in [1.82, 2.24) is 30.1 Å². The summed E-state index contributed by atoms with van der Waals surface area (Å²) in [5.74, 6) is 1.37. The average molecular weight is 573 g/mol. The van der Waals surface area contributed by atoms with Gasteiger partial charge in [0.2, 0.25) is 0 Å². The molecule has 1 amide bonds. The van der Waals surface area contributed by atoms with E-state index in [1.807, 2.05) is 77.3 Å². The van der Waals surface area contributed by atoms with Gasteiger partial charge in [0.1, 0.15) is 17.9 Å². The maximum Gasteiger partial charge on any atom is 0.412 e. The third-order valence-electron chi connectivity index (χ3n) is 5.10. The third-order valence-corrected chi connectivity index (χ3v) is 5.10. The average Bonchev–Trinajstić information content (AvgIpc) is 3.19. The molecule has 33 heavy (non-hydrogen) atoms. The Morgan fingerprint density at radius 2 is 2.00 bits per heavy atom. The fourth-order valence-corrected chi connectivity index (χ4v) is 3.81. The van der Waals surface area contributed by atoms with Crippen LogP contribution in [0.5, 0.6) is 0 Å². The molecular weight excluding hydrogens is 537 g/mol. The van der Waals surface area contributed by atoms with E-state index in [2.05, 4.69) is 25.8 Å². The Balaban J connectivity index is 0.00000385. The molecule has 2 N–H and O–H groups in total. The first-order valence-corrected chi connectivity index (χ1v) is 11.0. The Morgan fingerprint density at radius 1 is 1.27 bits per heavy atom. The van der Waals surface area contributed by atoms with Gasteiger partial charge < -0.3 is 20.1 Å². The molecule has 184 valence electrons. The second-order valence-corrected chi connectivity index (χ2v) is 9.31. The van der Waals surface area contributed by atoms with Crippen molar-refractivity contribution >= 4 is 41.7 Å². The van der Waals surface area contributed by atoms with Crippen molar-refractivity contribution in [3.63, 3.8) is 0 Å². The number of fused-ring (bicyclic) bond motifs is 1. The van der Waals surface area contributed by atoms with Crippen LogP contribution in [-0.2, 0) is 16.0 Å². The Bertz CT molecular complexity index is 970. The quantitative estimate of drug-likeness (QED) is 0.322. The van der Waals surface area contributed by atoms with Gasteiger partial charge in [-0.15, -0.1) is 34.2 Å². The highest BCUT2D eigenvalue weighted by Gasteiger charge is 2.49. The van der Waals surface area contributed by atoms with Gasteiger partial charge in [-0.05, 0) is 60.6 Å². The van der Waals surface area contributed by atoms with E-state index in [0.717, 1.165) is 11.5 Å². The summed E-state index contributed by atoms with van der Waals surface area (Å²) < 4.78 is 13.6. The monoisotopic (exact) mass is 573 g/mol. The molecule has 2 aromatic rings. The minimum atomic E-state index is -0.774. The molecule has 0 spiro atoms. The van der Waals surface area contributed by atoms with Crippen LogP contribution in [-0.4, -0.2) is 68.1 Å². The largest absolute Gasteiger partial charge is 0.444 e. The van der Waals surface area contributed by atoms with Gasteiger partial charge in [-0.3, -0.25) is 9.30 Å². The number of halogens is 1. The number of rotatable bonds is 5. The van der Waals surface area contributed by atoms with Gasteiger partial charge in [0.15, 0.2) is 17.4 Å². The van der Waals surface area contributed by atoms with Crippen molar-refractivity contribution in [2.75, 3.05) is 13.1 Å². The predicted octanol–water partition coefficient (Wildman–Crippen LogP) is 3.16. The van der Waals surface area contributed by atoms with E-state index in [1.165, 1.54) is 0 Å². The number of hydrogen-bond acceptors (Lipinski definition) is 6. The van der Waals surface area contributed by atoms with E-state index in [0.29, 0.717) is 25.6 Å². The van der Waals surface area contributed by atoms with Crippen molar-refractivity contribution in [2.45, 2.75) is 78.5 Å². The molecule has 11 heteroatoms. The zero-order valence-electron chi connectivity index (χ0n) is 20.5. The Kier molecular flexibility index (Phi) is 8.91. The highest BCUT2D eigenvalue weighted by Crippen LogP contribution is 2.33. The minimum Gasteiger partial charge on any atom is -0.444 e. The van der Waals surface area contributed by atoms with Gasteiger partial charge in [0, 0.05) is 19.3 Å². The lowest BCUT2D eigenvalue weighted by Gasteiger charge is -2.35. The highest BCUT2D eigenvalue weighted by molar-refractivity contribution is 14.0. The molecule has 10 nitrogen and oxygen atoms in total. The second kappa shape index (κ2) is 10.9. The number of carbonyl (C=O) groups excluding carboxylic acids is 1. The normalized spacial score (nSPS) is 20.5. The molecular formula is C22H36IN7O3. The number of carbonyl (C=O) groups is 1. The minimum absolute atomic E-state index is 0. The van der Waals surface area contributed by atoms with E-state index < -0.39 is 17.4 Å². The van der Waals surface area contributed by atoms with Gasteiger partial charge >= 0.3 is 6.09 Å². The standard InChI is InChI=1S/C22H35N7O3.HI/c1-8-23-19(25-14-18-27-26-17-11-9-10-12-28(17)18)24-13-16-15(2)31-22(6,7)29(16)20(30)32-21(3,4)5;/h9-12,15-16H,8,13-14H2,1-7H3,(H2,23,24,25);1H. The maximum absolute atomic E-state index is 12.9. The second-order valence-electron chi connectivity index (χ2n) is 9.31. The molecule has 3 heterocycles. The van der Waals surface area contributed by atoms with Crippen LogP contribution in [0.1, 0.15) is 54.3 Å². The molecule has 1 saturated heterocycles. The van der Waals surface area contributed by atoms with Crippen molar-refractivity contribution < 1.29 is 14.3 Å². The van der Waals surface area contributed by atoms with Crippen LogP contribution < -0.4 is 10.6 Å². The Morgan fingerprint density at radius 3 is 2.67 bits per heavy atom.